The SMILES string of the molecule is Cc1ccncc1-c1cc2cnc(NC(=O)[C@@H]3C[C@H]3F)cc2n(C)c1=O. The Morgan fingerprint density at radius 1 is 1.31 bits per heavy atom. The highest BCUT2D eigenvalue weighted by Crippen LogP contribution is 2.34. The highest BCUT2D eigenvalue weighted by atomic mass is 19.1. The third-order valence-electron chi connectivity index (χ3n) is 4.74. The summed E-state index contributed by atoms with van der Waals surface area (Å²) in [6, 6.07) is 5.26. The predicted molar refractivity (Wildman–Crippen MR) is 96.6 cm³/mol. The maximum atomic E-state index is 13.0. The summed E-state index contributed by atoms with van der Waals surface area (Å²) in [5.41, 5.74) is 2.75. The molecule has 0 aromatic carbocycles. The Bertz CT molecular complexity index is 1090. The summed E-state index contributed by atoms with van der Waals surface area (Å²) in [7, 11) is 1.67. The molecule has 2 atom stereocenters. The molecule has 0 unspecified atom stereocenters. The number of aromatic nitrogens is 3. The number of halogens is 1. The maximum Gasteiger partial charge on any atom is 0.258 e. The number of nitrogens with zero attached hydrogens (tertiary/aromatic N) is 3. The normalized spacial score (nSPS) is 18.7. The van der Waals surface area contributed by atoms with E-state index in [1.165, 1.54) is 4.57 Å². The number of pyridine rings is 3. The lowest BCUT2D eigenvalue weighted by atomic mass is 10.0. The molecule has 132 valence electrons. The smallest absolute Gasteiger partial charge is 0.258 e. The molecular formula is C19H17FN4O2. The number of nitrogens with one attached hydrogen (secondary N) is 1. The van der Waals surface area contributed by atoms with Crippen molar-refractivity contribution >= 4 is 22.6 Å². The number of amides is 1. The zero-order valence-corrected chi connectivity index (χ0v) is 14.4. The van der Waals surface area contributed by atoms with Crippen molar-refractivity contribution in [2.75, 3.05) is 5.32 Å². The summed E-state index contributed by atoms with van der Waals surface area (Å²) >= 11 is 0. The van der Waals surface area contributed by atoms with Gasteiger partial charge in [0.05, 0.1) is 11.4 Å². The Labute approximate surface area is 148 Å². The number of hydrogen-bond acceptors (Lipinski definition) is 4. The number of carbonyl (C=O) groups is 1. The highest BCUT2D eigenvalue weighted by molar-refractivity contribution is 5.95. The van der Waals surface area contributed by atoms with Crippen molar-refractivity contribution in [2.45, 2.75) is 19.5 Å². The van der Waals surface area contributed by atoms with E-state index in [4.69, 9.17) is 0 Å². The first kappa shape index (κ1) is 16.4. The molecule has 7 heteroatoms. The quantitative estimate of drug-likeness (QED) is 0.786. The molecule has 3 aromatic heterocycles. The molecule has 0 aliphatic heterocycles. The van der Waals surface area contributed by atoms with E-state index in [-0.39, 0.29) is 17.9 Å². The Kier molecular flexibility index (Phi) is 3.79. The number of carbonyl (C=O) groups excluding carboxylic acids is 1. The Balaban J connectivity index is 1.77. The molecule has 1 aliphatic carbocycles. The van der Waals surface area contributed by atoms with Gasteiger partial charge in [0.25, 0.3) is 5.56 Å². The zero-order valence-electron chi connectivity index (χ0n) is 14.4. The first-order chi connectivity index (χ1) is 12.5. The molecule has 0 radical (unpaired) electrons. The second kappa shape index (κ2) is 6.01. The number of alkyl halides is 1. The Morgan fingerprint density at radius 3 is 2.77 bits per heavy atom. The fourth-order valence-corrected chi connectivity index (χ4v) is 3.03. The van der Waals surface area contributed by atoms with E-state index in [0.29, 0.717) is 16.9 Å². The number of anilines is 1. The van der Waals surface area contributed by atoms with Crippen LogP contribution in [0.3, 0.4) is 0 Å². The number of fused-ring (bicyclic) bond motifs is 1. The van der Waals surface area contributed by atoms with Gasteiger partial charge in [-0.05, 0) is 31.0 Å². The molecule has 1 saturated carbocycles. The summed E-state index contributed by atoms with van der Waals surface area (Å²) in [5.74, 6) is -0.661. The van der Waals surface area contributed by atoms with Crippen LogP contribution in [-0.4, -0.2) is 26.6 Å². The third kappa shape index (κ3) is 2.75. The number of aryl methyl sites for hydroxylation is 2. The molecule has 1 aliphatic rings. The summed E-state index contributed by atoms with van der Waals surface area (Å²) in [4.78, 5) is 33.0. The van der Waals surface area contributed by atoms with Gasteiger partial charge >= 0.3 is 0 Å². The fourth-order valence-electron chi connectivity index (χ4n) is 3.03. The minimum atomic E-state index is -1.06. The minimum absolute atomic E-state index is 0.164. The fraction of sp³-hybridized carbons (Fsp3) is 0.263. The minimum Gasteiger partial charge on any atom is -0.311 e. The lowest BCUT2D eigenvalue weighted by Crippen LogP contribution is -2.20. The highest BCUT2D eigenvalue weighted by Gasteiger charge is 2.43. The number of hydrogen-bond donors (Lipinski definition) is 1. The largest absolute Gasteiger partial charge is 0.311 e. The van der Waals surface area contributed by atoms with E-state index >= 15 is 0 Å². The summed E-state index contributed by atoms with van der Waals surface area (Å²) in [5, 5.41) is 3.38. The molecule has 4 rings (SSSR count). The molecule has 0 bridgehead atoms. The van der Waals surface area contributed by atoms with Gasteiger partial charge in [0, 0.05) is 48.2 Å². The van der Waals surface area contributed by atoms with Crippen molar-refractivity contribution in [1.82, 2.24) is 14.5 Å². The lowest BCUT2D eigenvalue weighted by Gasteiger charge is -2.11. The van der Waals surface area contributed by atoms with E-state index in [9.17, 15) is 14.0 Å². The molecule has 6 nitrogen and oxygen atoms in total. The van der Waals surface area contributed by atoms with Crippen molar-refractivity contribution in [2.24, 2.45) is 13.0 Å². The van der Waals surface area contributed by atoms with Crippen LogP contribution in [0, 0.1) is 12.8 Å². The topological polar surface area (TPSA) is 76.9 Å². The molecule has 1 N–H and O–H groups in total. The predicted octanol–water partition coefficient (Wildman–Crippen LogP) is 2.60. The zero-order chi connectivity index (χ0) is 18.4. The van der Waals surface area contributed by atoms with Crippen molar-refractivity contribution in [3.8, 4) is 11.1 Å². The first-order valence-corrected chi connectivity index (χ1v) is 8.31. The van der Waals surface area contributed by atoms with Gasteiger partial charge < -0.3 is 9.88 Å². The van der Waals surface area contributed by atoms with Crippen LogP contribution in [0.2, 0.25) is 0 Å². The van der Waals surface area contributed by atoms with E-state index in [1.807, 2.05) is 13.0 Å². The Morgan fingerprint density at radius 2 is 2.08 bits per heavy atom. The van der Waals surface area contributed by atoms with Crippen LogP contribution in [0.4, 0.5) is 10.2 Å². The van der Waals surface area contributed by atoms with Gasteiger partial charge in [-0.1, -0.05) is 0 Å². The maximum absolute atomic E-state index is 13.0. The van der Waals surface area contributed by atoms with Crippen LogP contribution in [0.15, 0.2) is 41.6 Å². The van der Waals surface area contributed by atoms with Crippen LogP contribution < -0.4 is 10.9 Å². The van der Waals surface area contributed by atoms with Gasteiger partial charge in [-0.2, -0.15) is 0 Å². The summed E-state index contributed by atoms with van der Waals surface area (Å²) in [6.07, 6.45) is 4.14. The van der Waals surface area contributed by atoms with Crippen molar-refractivity contribution in [1.29, 1.82) is 0 Å². The average Bonchev–Trinajstić information content (AvgIpc) is 3.36. The molecule has 26 heavy (non-hydrogen) atoms. The second-order valence-corrected chi connectivity index (χ2v) is 6.59. The van der Waals surface area contributed by atoms with Gasteiger partial charge in [-0.15, -0.1) is 0 Å². The summed E-state index contributed by atoms with van der Waals surface area (Å²) < 4.78 is 14.5. The molecule has 0 saturated heterocycles. The van der Waals surface area contributed by atoms with Crippen LogP contribution in [0.25, 0.3) is 22.0 Å². The molecular weight excluding hydrogens is 335 g/mol. The molecule has 1 amide bonds. The van der Waals surface area contributed by atoms with E-state index in [1.54, 1.807) is 37.8 Å². The second-order valence-electron chi connectivity index (χ2n) is 6.59. The first-order valence-electron chi connectivity index (χ1n) is 8.31. The molecule has 0 spiro atoms. The van der Waals surface area contributed by atoms with Gasteiger partial charge in [-0.25, -0.2) is 9.37 Å². The van der Waals surface area contributed by atoms with Crippen LogP contribution in [-0.2, 0) is 11.8 Å². The molecule has 3 heterocycles. The van der Waals surface area contributed by atoms with Crippen LogP contribution in [0.1, 0.15) is 12.0 Å². The third-order valence-corrected chi connectivity index (χ3v) is 4.74. The monoisotopic (exact) mass is 352 g/mol. The lowest BCUT2D eigenvalue weighted by molar-refractivity contribution is -0.117. The Hall–Kier alpha value is -3.09. The van der Waals surface area contributed by atoms with E-state index in [0.717, 1.165) is 16.5 Å². The van der Waals surface area contributed by atoms with E-state index in [2.05, 4.69) is 15.3 Å². The summed E-state index contributed by atoms with van der Waals surface area (Å²) in [6.45, 7) is 1.92. The van der Waals surface area contributed by atoms with Crippen LogP contribution >= 0.6 is 0 Å². The average molecular weight is 352 g/mol. The van der Waals surface area contributed by atoms with Gasteiger partial charge in [-0.3, -0.25) is 14.6 Å². The van der Waals surface area contributed by atoms with Gasteiger partial charge in [0.2, 0.25) is 5.91 Å². The van der Waals surface area contributed by atoms with Crippen molar-refractivity contribution < 1.29 is 9.18 Å². The van der Waals surface area contributed by atoms with Crippen molar-refractivity contribution in [3.63, 3.8) is 0 Å². The standard InChI is InChI=1S/C19H17FN4O2/c1-10-3-4-21-9-14(10)12-5-11-8-22-17(7-16(11)24(2)19(12)26)23-18(25)13-6-15(13)20/h3-5,7-9,13,15H,6H2,1-2H3,(H,22,23,25)/t13-,15-/m1/s1. The van der Waals surface area contributed by atoms with E-state index < -0.39 is 12.1 Å². The van der Waals surface area contributed by atoms with Crippen molar-refractivity contribution in [3.05, 3.63) is 52.7 Å². The van der Waals surface area contributed by atoms with Gasteiger partial charge in [0.1, 0.15) is 12.0 Å². The van der Waals surface area contributed by atoms with Crippen LogP contribution in [0.5, 0.6) is 0 Å². The molecule has 1 fully saturated rings. The number of rotatable bonds is 3. The molecule has 3 aromatic rings. The van der Waals surface area contributed by atoms with Gasteiger partial charge in [0.15, 0.2) is 0 Å².